The molecule has 5 nitrogen and oxygen atoms in total. The van der Waals surface area contributed by atoms with Crippen molar-refractivity contribution in [1.29, 1.82) is 0 Å². The van der Waals surface area contributed by atoms with Crippen LogP contribution in [0.1, 0.15) is 38.2 Å². The van der Waals surface area contributed by atoms with Crippen LogP contribution in [0.2, 0.25) is 0 Å². The van der Waals surface area contributed by atoms with Crippen molar-refractivity contribution >= 4 is 23.8 Å². The number of thioether (sulfide) groups is 1. The van der Waals surface area contributed by atoms with Gasteiger partial charge in [0.05, 0.1) is 6.61 Å². The Balaban J connectivity index is 1.65. The molecule has 2 saturated heterocycles. The average molecular weight is 349 g/mol. The number of nitrogens with one attached hydrogen (secondary N) is 1. The Kier molecular flexibility index (Phi) is 5.33. The highest BCUT2D eigenvalue weighted by Crippen LogP contribution is 2.48. The van der Waals surface area contributed by atoms with Gasteiger partial charge in [-0.15, -0.1) is 0 Å². The third kappa shape index (κ3) is 3.86. The lowest BCUT2D eigenvalue weighted by atomic mass is 9.89. The van der Waals surface area contributed by atoms with E-state index in [-0.39, 0.29) is 12.6 Å². The molecule has 1 aromatic rings. The Labute approximate surface area is 146 Å². The number of hydrogen-bond donors (Lipinski definition) is 1. The van der Waals surface area contributed by atoms with Crippen molar-refractivity contribution in [1.82, 2.24) is 5.32 Å². The van der Waals surface area contributed by atoms with Crippen molar-refractivity contribution in [3.8, 4) is 0 Å². The number of fused-ring (bicyclic) bond motifs is 2. The summed E-state index contributed by atoms with van der Waals surface area (Å²) < 4.78 is 10.6. The van der Waals surface area contributed by atoms with Gasteiger partial charge in [-0.3, -0.25) is 0 Å². The molecule has 0 aromatic heterocycles. The zero-order chi connectivity index (χ0) is 17.0. The minimum Gasteiger partial charge on any atom is -0.464 e. The summed E-state index contributed by atoms with van der Waals surface area (Å²) in [6, 6.07) is 9.49. The van der Waals surface area contributed by atoms with E-state index in [1.165, 1.54) is 0 Å². The summed E-state index contributed by atoms with van der Waals surface area (Å²) in [5.74, 6) is -0.334. The third-order valence-corrected chi connectivity index (χ3v) is 6.14. The van der Waals surface area contributed by atoms with Gasteiger partial charge in [-0.2, -0.15) is 11.8 Å². The van der Waals surface area contributed by atoms with E-state index < -0.39 is 11.6 Å². The van der Waals surface area contributed by atoms with Gasteiger partial charge in [-0.1, -0.05) is 30.3 Å². The molecule has 0 saturated carbocycles. The Morgan fingerprint density at radius 1 is 1.17 bits per heavy atom. The second-order valence-corrected chi connectivity index (χ2v) is 7.96. The lowest BCUT2D eigenvalue weighted by Crippen LogP contribution is -2.58. The van der Waals surface area contributed by atoms with Gasteiger partial charge in [-0.25, -0.2) is 9.59 Å². The highest BCUT2D eigenvalue weighted by atomic mass is 32.2. The monoisotopic (exact) mass is 349 g/mol. The van der Waals surface area contributed by atoms with Crippen molar-refractivity contribution in [2.75, 3.05) is 6.61 Å². The molecule has 0 aliphatic carbocycles. The summed E-state index contributed by atoms with van der Waals surface area (Å²) in [5.41, 5.74) is -0.0296. The standard InChI is InChI=1S/C18H23NO4S/c1-2-22-16(20)18(10-14-8-9-15(11-18)24-14)19-17(21)23-12-13-6-4-3-5-7-13/h3-7,14-15H,2,8-12H2,1H3,(H,19,21). The molecule has 2 aliphatic heterocycles. The van der Waals surface area contributed by atoms with Gasteiger partial charge in [0.15, 0.2) is 0 Å². The van der Waals surface area contributed by atoms with E-state index in [4.69, 9.17) is 9.47 Å². The molecule has 130 valence electrons. The maximum atomic E-state index is 12.5. The molecule has 24 heavy (non-hydrogen) atoms. The van der Waals surface area contributed by atoms with Crippen LogP contribution in [0, 0.1) is 0 Å². The number of rotatable bonds is 5. The van der Waals surface area contributed by atoms with E-state index in [9.17, 15) is 9.59 Å². The van der Waals surface area contributed by atoms with Crippen LogP contribution in [0.5, 0.6) is 0 Å². The van der Waals surface area contributed by atoms with Crippen molar-refractivity contribution in [2.24, 2.45) is 0 Å². The number of hydrogen-bond acceptors (Lipinski definition) is 5. The fourth-order valence-corrected chi connectivity index (χ4v) is 5.33. The first kappa shape index (κ1) is 17.1. The highest BCUT2D eigenvalue weighted by Gasteiger charge is 2.51. The van der Waals surface area contributed by atoms with E-state index in [0.29, 0.717) is 29.9 Å². The highest BCUT2D eigenvalue weighted by molar-refractivity contribution is 8.00. The van der Waals surface area contributed by atoms with Crippen LogP contribution in [0.25, 0.3) is 0 Å². The predicted octanol–water partition coefficient (Wildman–Crippen LogP) is 3.27. The van der Waals surface area contributed by atoms with Gasteiger partial charge in [-0.05, 0) is 38.2 Å². The number of carbonyl (C=O) groups excluding carboxylic acids is 2. The molecule has 2 bridgehead atoms. The predicted molar refractivity (Wildman–Crippen MR) is 92.8 cm³/mol. The molecule has 2 fully saturated rings. The van der Waals surface area contributed by atoms with E-state index in [2.05, 4.69) is 5.32 Å². The average Bonchev–Trinajstić information content (AvgIpc) is 2.93. The first-order valence-corrected chi connectivity index (χ1v) is 9.37. The number of alkyl carbamates (subject to hydrolysis) is 1. The summed E-state index contributed by atoms with van der Waals surface area (Å²) in [5, 5.41) is 3.65. The lowest BCUT2D eigenvalue weighted by Gasteiger charge is -2.38. The second-order valence-electron chi connectivity index (χ2n) is 6.36. The molecule has 6 heteroatoms. The number of esters is 1. The fraction of sp³-hybridized carbons (Fsp3) is 0.556. The van der Waals surface area contributed by atoms with Crippen LogP contribution >= 0.6 is 11.8 Å². The van der Waals surface area contributed by atoms with Crippen LogP contribution < -0.4 is 5.32 Å². The normalized spacial score (nSPS) is 28.2. The Hall–Kier alpha value is -1.69. The third-order valence-electron chi connectivity index (χ3n) is 4.57. The topological polar surface area (TPSA) is 64.6 Å². The SMILES string of the molecule is CCOC(=O)C1(NC(=O)OCc2ccccc2)CC2CCC(C1)S2. The molecule has 2 unspecified atom stereocenters. The van der Waals surface area contributed by atoms with E-state index in [1.807, 2.05) is 42.1 Å². The zero-order valence-electron chi connectivity index (χ0n) is 13.8. The Morgan fingerprint density at radius 3 is 2.46 bits per heavy atom. The molecular formula is C18H23NO4S. The van der Waals surface area contributed by atoms with Gasteiger partial charge in [0, 0.05) is 10.5 Å². The lowest BCUT2D eigenvalue weighted by molar-refractivity contribution is -0.151. The van der Waals surface area contributed by atoms with Crippen molar-refractivity contribution in [2.45, 2.75) is 55.3 Å². The number of benzene rings is 1. The van der Waals surface area contributed by atoms with Crippen LogP contribution in [0.3, 0.4) is 0 Å². The van der Waals surface area contributed by atoms with Crippen molar-refractivity contribution < 1.29 is 19.1 Å². The number of carbonyl (C=O) groups is 2. The molecule has 0 spiro atoms. The molecule has 2 heterocycles. The molecule has 0 radical (unpaired) electrons. The van der Waals surface area contributed by atoms with Crippen molar-refractivity contribution in [3.05, 3.63) is 35.9 Å². The van der Waals surface area contributed by atoms with E-state index in [0.717, 1.165) is 18.4 Å². The first-order valence-electron chi connectivity index (χ1n) is 8.43. The Morgan fingerprint density at radius 2 is 1.83 bits per heavy atom. The van der Waals surface area contributed by atoms with Gasteiger partial charge >= 0.3 is 12.1 Å². The van der Waals surface area contributed by atoms with E-state index >= 15 is 0 Å². The minimum absolute atomic E-state index is 0.188. The van der Waals surface area contributed by atoms with Crippen LogP contribution in [0.4, 0.5) is 4.79 Å². The summed E-state index contributed by atoms with van der Waals surface area (Å²) in [4.78, 5) is 24.8. The van der Waals surface area contributed by atoms with Crippen LogP contribution in [-0.2, 0) is 20.9 Å². The maximum Gasteiger partial charge on any atom is 0.408 e. The molecule has 1 N–H and O–H groups in total. The van der Waals surface area contributed by atoms with Gasteiger partial charge in [0.25, 0.3) is 0 Å². The molecule has 2 aliphatic rings. The largest absolute Gasteiger partial charge is 0.464 e. The first-order chi connectivity index (χ1) is 11.6. The van der Waals surface area contributed by atoms with Crippen LogP contribution in [-0.4, -0.2) is 34.7 Å². The maximum absolute atomic E-state index is 12.5. The molecule has 3 rings (SSSR count). The summed E-state index contributed by atoms with van der Waals surface area (Å²) in [7, 11) is 0. The zero-order valence-corrected chi connectivity index (χ0v) is 14.6. The molecule has 1 aromatic carbocycles. The number of amides is 1. The number of ether oxygens (including phenoxy) is 2. The van der Waals surface area contributed by atoms with Crippen molar-refractivity contribution in [3.63, 3.8) is 0 Å². The molecule has 1 amide bonds. The van der Waals surface area contributed by atoms with E-state index in [1.54, 1.807) is 6.92 Å². The Bertz CT molecular complexity index is 580. The quantitative estimate of drug-likeness (QED) is 0.827. The van der Waals surface area contributed by atoms with Gasteiger partial charge in [0.1, 0.15) is 12.1 Å². The molecule has 2 atom stereocenters. The smallest absolute Gasteiger partial charge is 0.408 e. The van der Waals surface area contributed by atoms with Crippen LogP contribution in [0.15, 0.2) is 30.3 Å². The van der Waals surface area contributed by atoms with Gasteiger partial charge < -0.3 is 14.8 Å². The fourth-order valence-electron chi connectivity index (χ4n) is 3.48. The molecular weight excluding hydrogens is 326 g/mol. The second kappa shape index (κ2) is 7.47. The summed E-state index contributed by atoms with van der Waals surface area (Å²) in [6.45, 7) is 2.28. The minimum atomic E-state index is -0.944. The van der Waals surface area contributed by atoms with Gasteiger partial charge in [0.2, 0.25) is 0 Å². The summed E-state index contributed by atoms with van der Waals surface area (Å²) in [6.07, 6.45) is 2.87. The summed E-state index contributed by atoms with van der Waals surface area (Å²) >= 11 is 1.93.